The van der Waals surface area contributed by atoms with Gasteiger partial charge < -0.3 is 14.8 Å². The van der Waals surface area contributed by atoms with E-state index in [1.807, 2.05) is 25.1 Å². The molecule has 8 nitrogen and oxygen atoms in total. The average molecular weight is 583 g/mol. The van der Waals surface area contributed by atoms with E-state index in [0.29, 0.717) is 23.7 Å². The molecule has 0 saturated heterocycles. The van der Waals surface area contributed by atoms with E-state index in [1.54, 1.807) is 12.1 Å². The minimum absolute atomic E-state index is 0.166. The van der Waals surface area contributed by atoms with Gasteiger partial charge in [0, 0.05) is 17.8 Å². The number of non-ortho nitro benzene ring substituents is 1. The van der Waals surface area contributed by atoms with Crippen molar-refractivity contribution < 1.29 is 19.2 Å². The van der Waals surface area contributed by atoms with Gasteiger partial charge in [0.1, 0.15) is 18.2 Å². The van der Waals surface area contributed by atoms with E-state index < -0.39 is 10.8 Å². The molecule has 0 aliphatic heterocycles. The Morgan fingerprint density at radius 1 is 1.17 bits per heavy atom. The van der Waals surface area contributed by atoms with Gasteiger partial charge in [0.05, 0.1) is 15.6 Å². The lowest BCUT2D eigenvalue weighted by molar-refractivity contribution is -0.384. The molecular formula is C26H22IN3O5. The number of nitro groups is 1. The normalized spacial score (nSPS) is 10.9. The Morgan fingerprint density at radius 2 is 1.94 bits per heavy atom. The van der Waals surface area contributed by atoms with Gasteiger partial charge in [-0.1, -0.05) is 24.3 Å². The number of nitriles is 1. The smallest absolute Gasteiger partial charge is 0.271 e. The first-order chi connectivity index (χ1) is 16.7. The minimum atomic E-state index is -0.683. The quantitative estimate of drug-likeness (QED) is 0.115. The number of anilines is 1. The number of nitrogens with one attached hydrogen (secondary N) is 1. The molecule has 0 aliphatic carbocycles. The molecule has 3 aromatic rings. The molecule has 0 aliphatic rings. The van der Waals surface area contributed by atoms with E-state index in [1.165, 1.54) is 48.6 Å². The third kappa shape index (κ3) is 6.58. The highest BCUT2D eigenvalue weighted by Gasteiger charge is 2.15. The van der Waals surface area contributed by atoms with Crippen molar-refractivity contribution >= 4 is 45.9 Å². The Bertz CT molecular complexity index is 1360. The molecule has 9 heteroatoms. The molecule has 0 fully saturated rings. The summed E-state index contributed by atoms with van der Waals surface area (Å²) in [6.07, 6.45) is 1.42. The van der Waals surface area contributed by atoms with Gasteiger partial charge in [0.15, 0.2) is 11.5 Å². The Morgan fingerprint density at radius 3 is 2.60 bits per heavy atom. The van der Waals surface area contributed by atoms with Gasteiger partial charge in [0.25, 0.3) is 11.6 Å². The fourth-order valence-electron chi connectivity index (χ4n) is 3.22. The predicted octanol–water partition coefficient (Wildman–Crippen LogP) is 5.95. The Hall–Kier alpha value is -3.91. The van der Waals surface area contributed by atoms with Crippen LogP contribution < -0.4 is 14.8 Å². The van der Waals surface area contributed by atoms with Crippen LogP contribution in [0.25, 0.3) is 6.08 Å². The molecule has 1 N–H and O–H groups in total. The summed E-state index contributed by atoms with van der Waals surface area (Å²) in [7, 11) is 1.52. The van der Waals surface area contributed by atoms with Crippen LogP contribution in [0.1, 0.15) is 22.3 Å². The summed E-state index contributed by atoms with van der Waals surface area (Å²) < 4.78 is 12.3. The first-order valence-electron chi connectivity index (χ1n) is 10.5. The second-order valence-electron chi connectivity index (χ2n) is 7.67. The maximum absolute atomic E-state index is 12.6. The summed E-state index contributed by atoms with van der Waals surface area (Å²) in [6, 6.07) is 17.0. The van der Waals surface area contributed by atoms with E-state index in [4.69, 9.17) is 9.47 Å². The van der Waals surface area contributed by atoms with Crippen molar-refractivity contribution in [3.8, 4) is 17.6 Å². The highest BCUT2D eigenvalue weighted by Crippen LogP contribution is 2.35. The van der Waals surface area contributed by atoms with Crippen LogP contribution >= 0.6 is 22.6 Å². The Kier molecular flexibility index (Phi) is 8.43. The van der Waals surface area contributed by atoms with Crippen molar-refractivity contribution in [1.82, 2.24) is 0 Å². The summed E-state index contributed by atoms with van der Waals surface area (Å²) in [6.45, 7) is 4.46. The van der Waals surface area contributed by atoms with Gasteiger partial charge >= 0.3 is 0 Å². The summed E-state index contributed by atoms with van der Waals surface area (Å²) in [5, 5.41) is 23.0. The molecular weight excluding hydrogens is 561 g/mol. The highest BCUT2D eigenvalue weighted by molar-refractivity contribution is 14.1. The molecule has 35 heavy (non-hydrogen) atoms. The molecule has 0 spiro atoms. The van der Waals surface area contributed by atoms with Crippen molar-refractivity contribution in [3.63, 3.8) is 0 Å². The monoisotopic (exact) mass is 583 g/mol. The zero-order valence-electron chi connectivity index (χ0n) is 19.3. The van der Waals surface area contributed by atoms with Crippen LogP contribution in [0.3, 0.4) is 0 Å². The number of benzene rings is 3. The van der Waals surface area contributed by atoms with Crippen LogP contribution in [0.4, 0.5) is 11.4 Å². The van der Waals surface area contributed by atoms with E-state index in [9.17, 15) is 20.2 Å². The Balaban J connectivity index is 1.82. The number of aryl methyl sites for hydroxylation is 2. The second kappa shape index (κ2) is 11.5. The topological polar surface area (TPSA) is 114 Å². The first kappa shape index (κ1) is 25.7. The summed E-state index contributed by atoms with van der Waals surface area (Å²) in [5.74, 6) is 0.337. The molecule has 0 atom stereocenters. The number of carbonyl (C=O) groups is 1. The van der Waals surface area contributed by atoms with Gasteiger partial charge in [-0.3, -0.25) is 14.9 Å². The maximum Gasteiger partial charge on any atom is 0.271 e. The summed E-state index contributed by atoms with van der Waals surface area (Å²) in [4.78, 5) is 23.0. The van der Waals surface area contributed by atoms with Crippen LogP contribution in [-0.4, -0.2) is 17.9 Å². The molecule has 0 bridgehead atoms. The largest absolute Gasteiger partial charge is 0.493 e. The standard InChI is InChI=1S/C26H22IN3O5/c1-16-7-8-18(9-17(16)2)15-35-25-23(27)11-19(12-24(25)34-3)10-20(14-28)26(31)29-21-5-4-6-22(13-21)30(32)33/h4-13H,15H2,1-3H3,(H,29,31)/b20-10+. The zero-order valence-corrected chi connectivity index (χ0v) is 21.5. The predicted molar refractivity (Wildman–Crippen MR) is 141 cm³/mol. The lowest BCUT2D eigenvalue weighted by Crippen LogP contribution is -2.13. The number of ether oxygens (including phenoxy) is 2. The third-order valence-electron chi connectivity index (χ3n) is 5.20. The van der Waals surface area contributed by atoms with Crippen LogP contribution in [0, 0.1) is 38.9 Å². The number of nitrogens with zero attached hydrogens (tertiary/aromatic N) is 2. The molecule has 3 aromatic carbocycles. The molecule has 3 rings (SSSR count). The number of rotatable bonds is 8. The van der Waals surface area contributed by atoms with Gasteiger partial charge in [-0.15, -0.1) is 0 Å². The molecule has 0 heterocycles. The minimum Gasteiger partial charge on any atom is -0.493 e. The third-order valence-corrected chi connectivity index (χ3v) is 6.00. The van der Waals surface area contributed by atoms with E-state index >= 15 is 0 Å². The molecule has 0 aromatic heterocycles. The number of carbonyl (C=O) groups excluding carboxylic acids is 1. The molecule has 1 amide bonds. The number of nitro benzene ring substituents is 1. The SMILES string of the molecule is COc1cc(/C=C(\C#N)C(=O)Nc2cccc([N+](=O)[O-])c2)cc(I)c1OCc1ccc(C)c(C)c1. The summed E-state index contributed by atoms with van der Waals surface area (Å²) >= 11 is 2.11. The fraction of sp³-hybridized carbons (Fsp3) is 0.154. The van der Waals surface area contributed by atoms with Crippen molar-refractivity contribution in [2.45, 2.75) is 20.5 Å². The van der Waals surface area contributed by atoms with E-state index in [-0.39, 0.29) is 16.9 Å². The van der Waals surface area contributed by atoms with E-state index in [0.717, 1.165) is 9.13 Å². The molecule has 0 radical (unpaired) electrons. The van der Waals surface area contributed by atoms with Gasteiger partial charge in [-0.05, 0) is 83.0 Å². The Labute approximate surface area is 216 Å². The van der Waals surface area contributed by atoms with Gasteiger partial charge in [-0.25, -0.2) is 0 Å². The maximum atomic E-state index is 12.6. The van der Waals surface area contributed by atoms with Crippen LogP contribution in [0.15, 0.2) is 60.2 Å². The van der Waals surface area contributed by atoms with Crippen molar-refractivity contribution in [3.05, 3.63) is 96.1 Å². The van der Waals surface area contributed by atoms with Crippen LogP contribution in [-0.2, 0) is 11.4 Å². The number of hydrogen-bond acceptors (Lipinski definition) is 6. The second-order valence-corrected chi connectivity index (χ2v) is 8.83. The first-order valence-corrected chi connectivity index (χ1v) is 11.5. The molecule has 0 saturated carbocycles. The highest BCUT2D eigenvalue weighted by atomic mass is 127. The van der Waals surface area contributed by atoms with Crippen LogP contribution in [0.2, 0.25) is 0 Å². The van der Waals surface area contributed by atoms with E-state index in [2.05, 4.69) is 40.9 Å². The fourth-order valence-corrected chi connectivity index (χ4v) is 4.00. The molecule has 0 unspecified atom stereocenters. The number of amides is 1. The number of halogens is 1. The average Bonchev–Trinajstić information content (AvgIpc) is 2.83. The van der Waals surface area contributed by atoms with Crippen molar-refractivity contribution in [1.29, 1.82) is 5.26 Å². The van der Waals surface area contributed by atoms with Crippen molar-refractivity contribution in [2.24, 2.45) is 0 Å². The van der Waals surface area contributed by atoms with Crippen LogP contribution in [0.5, 0.6) is 11.5 Å². The van der Waals surface area contributed by atoms with Gasteiger partial charge in [0.2, 0.25) is 0 Å². The lowest BCUT2D eigenvalue weighted by atomic mass is 10.1. The number of hydrogen-bond donors (Lipinski definition) is 1. The zero-order chi connectivity index (χ0) is 25.5. The summed E-state index contributed by atoms with van der Waals surface area (Å²) in [5.41, 5.74) is 3.86. The molecule has 178 valence electrons. The number of methoxy groups -OCH3 is 1. The lowest BCUT2D eigenvalue weighted by Gasteiger charge is -2.14. The van der Waals surface area contributed by atoms with Crippen molar-refractivity contribution in [2.75, 3.05) is 12.4 Å². The van der Waals surface area contributed by atoms with Gasteiger partial charge in [-0.2, -0.15) is 5.26 Å².